The van der Waals surface area contributed by atoms with Gasteiger partial charge in [0.2, 0.25) is 0 Å². The first-order chi connectivity index (χ1) is 16.8. The zero-order chi connectivity index (χ0) is 24.0. The topological polar surface area (TPSA) is 109 Å². The number of furan rings is 1. The van der Waals surface area contributed by atoms with Gasteiger partial charge in [0.25, 0.3) is 10.1 Å². The highest BCUT2D eigenvalue weighted by molar-refractivity contribution is 7.89. The minimum absolute atomic E-state index is 0.0233. The van der Waals surface area contributed by atoms with E-state index in [9.17, 15) is 18.6 Å². The lowest BCUT2D eigenvalue weighted by molar-refractivity contribution is -0.204. The highest BCUT2D eigenvalue weighted by Crippen LogP contribution is 2.66. The Morgan fingerprint density at radius 3 is 2.83 bits per heavy atom. The van der Waals surface area contributed by atoms with Crippen molar-refractivity contribution in [1.29, 1.82) is 0 Å². The molecule has 3 heterocycles. The Labute approximate surface area is 204 Å². The van der Waals surface area contributed by atoms with E-state index in [-0.39, 0.29) is 11.8 Å². The fourth-order valence-corrected chi connectivity index (χ4v) is 8.20. The van der Waals surface area contributed by atoms with Gasteiger partial charge < -0.3 is 19.4 Å². The molecule has 8 nitrogen and oxygen atoms in total. The van der Waals surface area contributed by atoms with E-state index in [1.165, 1.54) is 31.4 Å². The largest absolute Gasteiger partial charge is 0.504 e. The van der Waals surface area contributed by atoms with Crippen LogP contribution in [0.4, 0.5) is 0 Å². The standard InChI is InChI=1S/C26H29NO7S/c28-19-4-3-18-13-21-26(29)8-5-20(34-35(30,31)12-7-17-6-11-32-15-17)24-25(26,22(18)23(19)33-24)9-10-27(21)14-16-1-2-16/h3-4,6-7,11-12,15-16,20-21,24,28-29H,1-2,5,8-10,13-14H2/t20-,21+,24-,25-,26+/m0/s1. The van der Waals surface area contributed by atoms with Gasteiger partial charge in [-0.3, -0.25) is 9.08 Å². The molecule has 5 aliphatic rings. The highest BCUT2D eigenvalue weighted by atomic mass is 32.2. The van der Waals surface area contributed by atoms with Gasteiger partial charge in [-0.05, 0) is 74.8 Å². The van der Waals surface area contributed by atoms with E-state index < -0.39 is 33.3 Å². The summed E-state index contributed by atoms with van der Waals surface area (Å²) in [7, 11) is -4.03. The Balaban J connectivity index is 1.27. The molecule has 1 aromatic carbocycles. The minimum Gasteiger partial charge on any atom is -0.504 e. The van der Waals surface area contributed by atoms with Crippen molar-refractivity contribution in [2.45, 2.75) is 67.8 Å². The molecule has 2 bridgehead atoms. The first kappa shape index (κ1) is 21.9. The molecule has 0 radical (unpaired) electrons. The molecule has 3 fully saturated rings. The molecule has 1 saturated heterocycles. The van der Waals surface area contributed by atoms with Crippen molar-refractivity contribution in [1.82, 2.24) is 4.90 Å². The predicted molar refractivity (Wildman–Crippen MR) is 126 cm³/mol. The number of hydrogen-bond acceptors (Lipinski definition) is 8. The number of aliphatic hydroxyl groups is 1. The summed E-state index contributed by atoms with van der Waals surface area (Å²) in [5.41, 5.74) is 0.649. The summed E-state index contributed by atoms with van der Waals surface area (Å²) in [6.07, 6.45) is 7.44. The number of likely N-dealkylation sites (tertiary alicyclic amines) is 1. The number of rotatable bonds is 6. The Hall–Kier alpha value is -2.33. The van der Waals surface area contributed by atoms with Crippen molar-refractivity contribution in [2.24, 2.45) is 5.92 Å². The number of aromatic hydroxyl groups is 1. The van der Waals surface area contributed by atoms with Crippen LogP contribution in [0.5, 0.6) is 11.5 Å². The molecule has 7 rings (SSSR count). The van der Waals surface area contributed by atoms with Gasteiger partial charge in [-0.1, -0.05) is 6.07 Å². The summed E-state index contributed by atoms with van der Waals surface area (Å²) in [6.45, 7) is 1.79. The van der Waals surface area contributed by atoms with Crippen LogP contribution in [0.1, 0.15) is 48.8 Å². The molecule has 5 atom stereocenters. The van der Waals surface area contributed by atoms with Gasteiger partial charge in [-0.25, -0.2) is 0 Å². The number of hydrogen-bond donors (Lipinski definition) is 2. The van der Waals surface area contributed by atoms with Crippen LogP contribution in [0, 0.1) is 5.92 Å². The second-order valence-electron chi connectivity index (χ2n) is 10.8. The van der Waals surface area contributed by atoms with Gasteiger partial charge in [-0.15, -0.1) is 0 Å². The summed E-state index contributed by atoms with van der Waals surface area (Å²) in [4.78, 5) is 2.44. The number of phenols is 1. The van der Waals surface area contributed by atoms with Crippen LogP contribution >= 0.6 is 0 Å². The van der Waals surface area contributed by atoms with Crippen LogP contribution in [0.15, 0.2) is 40.6 Å². The SMILES string of the molecule is O=S(=O)(C=Cc1ccoc1)O[C@H]1CC[C@@]2(O)[C@H]3Cc4ccc(O)c5c4[C@@]2(CCN3CC2CC2)[C@H]1O5. The lowest BCUT2D eigenvalue weighted by Crippen LogP contribution is -2.77. The van der Waals surface area contributed by atoms with E-state index in [0.29, 0.717) is 42.9 Å². The molecule has 3 aliphatic carbocycles. The zero-order valence-corrected chi connectivity index (χ0v) is 20.1. The monoisotopic (exact) mass is 499 g/mol. The maximum absolute atomic E-state index is 12.9. The van der Waals surface area contributed by atoms with Gasteiger partial charge in [0.05, 0.1) is 29.0 Å². The molecular weight excluding hydrogens is 470 g/mol. The minimum atomic E-state index is -4.03. The van der Waals surface area contributed by atoms with Crippen molar-refractivity contribution >= 4 is 16.2 Å². The van der Waals surface area contributed by atoms with Crippen molar-refractivity contribution in [2.75, 3.05) is 13.1 Å². The Kier molecular flexibility index (Phi) is 4.60. The molecule has 186 valence electrons. The number of ether oxygens (including phenoxy) is 1. The summed E-state index contributed by atoms with van der Waals surface area (Å²) in [5, 5.41) is 24.1. The summed E-state index contributed by atoms with van der Waals surface area (Å²) < 4.78 is 42.9. The van der Waals surface area contributed by atoms with Gasteiger partial charge in [-0.2, -0.15) is 8.42 Å². The van der Waals surface area contributed by atoms with Gasteiger partial charge in [0.15, 0.2) is 11.5 Å². The molecule has 2 N–H and O–H groups in total. The summed E-state index contributed by atoms with van der Waals surface area (Å²) in [6, 6.07) is 5.17. The molecule has 2 aliphatic heterocycles. The van der Waals surface area contributed by atoms with E-state index in [1.54, 1.807) is 12.1 Å². The Morgan fingerprint density at radius 1 is 1.20 bits per heavy atom. The molecule has 0 amide bonds. The van der Waals surface area contributed by atoms with Crippen LogP contribution in [-0.4, -0.2) is 60.5 Å². The molecule has 9 heteroatoms. The quantitative estimate of drug-likeness (QED) is 0.584. The van der Waals surface area contributed by atoms with E-state index in [0.717, 1.165) is 29.6 Å². The molecule has 35 heavy (non-hydrogen) atoms. The second-order valence-corrected chi connectivity index (χ2v) is 12.3. The highest BCUT2D eigenvalue weighted by Gasteiger charge is 2.73. The van der Waals surface area contributed by atoms with Crippen molar-refractivity contribution in [3.63, 3.8) is 0 Å². The van der Waals surface area contributed by atoms with E-state index in [1.807, 2.05) is 6.07 Å². The maximum atomic E-state index is 12.9. The van der Waals surface area contributed by atoms with Crippen molar-refractivity contribution < 1.29 is 32.0 Å². The van der Waals surface area contributed by atoms with E-state index >= 15 is 0 Å². The van der Waals surface area contributed by atoms with Crippen LogP contribution < -0.4 is 4.74 Å². The lowest BCUT2D eigenvalue weighted by atomic mass is 9.48. The first-order valence-electron chi connectivity index (χ1n) is 12.4. The van der Waals surface area contributed by atoms with Crippen molar-refractivity contribution in [3.05, 3.63) is 52.8 Å². The fraction of sp³-hybridized carbons (Fsp3) is 0.538. The van der Waals surface area contributed by atoms with Crippen LogP contribution in [0.2, 0.25) is 0 Å². The van der Waals surface area contributed by atoms with Gasteiger partial charge in [0.1, 0.15) is 12.2 Å². The normalized spacial score (nSPS) is 35.7. The summed E-state index contributed by atoms with van der Waals surface area (Å²) in [5.74, 6) is 1.10. The summed E-state index contributed by atoms with van der Waals surface area (Å²) >= 11 is 0. The van der Waals surface area contributed by atoms with Crippen LogP contribution in [0.3, 0.4) is 0 Å². The molecule has 2 saturated carbocycles. The van der Waals surface area contributed by atoms with E-state index in [2.05, 4.69) is 4.90 Å². The third-order valence-corrected chi connectivity index (χ3v) is 9.92. The van der Waals surface area contributed by atoms with E-state index in [4.69, 9.17) is 13.3 Å². The van der Waals surface area contributed by atoms with Gasteiger partial charge >= 0.3 is 0 Å². The third kappa shape index (κ3) is 3.11. The average Bonchev–Trinajstić information content (AvgIpc) is 3.33. The van der Waals surface area contributed by atoms with Crippen molar-refractivity contribution in [3.8, 4) is 11.5 Å². The molecule has 1 aromatic heterocycles. The number of benzene rings is 1. The predicted octanol–water partition coefficient (Wildman–Crippen LogP) is 2.94. The molecule has 2 aromatic rings. The van der Waals surface area contributed by atoms with Crippen LogP contribution in [-0.2, 0) is 26.1 Å². The fourth-order valence-electron chi connectivity index (χ4n) is 7.27. The third-order valence-electron chi connectivity index (χ3n) is 8.94. The average molecular weight is 500 g/mol. The second kappa shape index (κ2) is 7.35. The Morgan fingerprint density at radius 2 is 2.06 bits per heavy atom. The Bertz CT molecular complexity index is 1300. The molecule has 1 spiro atoms. The molecular formula is C26H29NO7S. The molecule has 0 unspecified atom stereocenters. The number of phenolic OH excluding ortho intramolecular Hbond substituents is 1. The lowest BCUT2D eigenvalue weighted by Gasteiger charge is -2.64. The number of nitrogens with zero attached hydrogens (tertiary/aromatic N) is 1. The van der Waals surface area contributed by atoms with Crippen LogP contribution in [0.25, 0.3) is 6.08 Å². The number of piperidine rings is 1. The van der Waals surface area contributed by atoms with Gasteiger partial charge in [0, 0.05) is 23.7 Å². The zero-order valence-electron chi connectivity index (χ0n) is 19.3. The maximum Gasteiger partial charge on any atom is 0.290 e. The first-order valence-corrected chi connectivity index (χ1v) is 13.9. The smallest absolute Gasteiger partial charge is 0.290 e.